The number of ketones is 1. The van der Waals surface area contributed by atoms with Crippen molar-refractivity contribution < 1.29 is 19.7 Å². The Morgan fingerprint density at radius 1 is 1.77 bits per heavy atom. The van der Waals surface area contributed by atoms with Crippen LogP contribution in [-0.4, -0.2) is 40.4 Å². The number of hydrogen-bond donors (Lipinski definition) is 2. The molecular weight excluding hydrogens is 172 g/mol. The van der Waals surface area contributed by atoms with Crippen LogP contribution in [0.3, 0.4) is 0 Å². The quantitative estimate of drug-likeness (QED) is 0.454. The first-order chi connectivity index (χ1) is 6.02. The van der Waals surface area contributed by atoms with E-state index in [0.29, 0.717) is 6.61 Å². The molecule has 1 heterocycles. The Hall–Kier alpha value is -0.710. The molecule has 0 unspecified atom stereocenters. The summed E-state index contributed by atoms with van der Waals surface area (Å²) in [6.45, 7) is 5.10. The molecule has 3 atom stereocenters. The number of aliphatic hydroxyl groups excluding tert-OH is 2. The maximum Gasteiger partial charge on any atom is 0.132 e. The average Bonchev–Trinajstić information content (AvgIpc) is 2.82. The predicted molar refractivity (Wildman–Crippen MR) is 46.2 cm³/mol. The van der Waals surface area contributed by atoms with Gasteiger partial charge in [0.05, 0.1) is 6.61 Å². The summed E-state index contributed by atoms with van der Waals surface area (Å²) < 4.78 is 5.01. The number of carbonyl (C=O) groups excluding carboxylic acids is 1. The molecule has 4 heteroatoms. The number of ether oxygens (including phenoxy) is 1. The zero-order valence-electron chi connectivity index (χ0n) is 7.56. The second-order valence-corrected chi connectivity index (χ2v) is 3.40. The summed E-state index contributed by atoms with van der Waals surface area (Å²) in [4.78, 5) is 10.8. The molecule has 1 aliphatic heterocycles. The van der Waals surface area contributed by atoms with Crippen molar-refractivity contribution in [3.63, 3.8) is 0 Å². The Bertz CT molecular complexity index is 220. The second-order valence-electron chi connectivity index (χ2n) is 3.40. The summed E-state index contributed by atoms with van der Waals surface area (Å²) in [5.41, 5.74) is -0.862. The lowest BCUT2D eigenvalue weighted by molar-refractivity contribution is -0.120. The molecule has 4 nitrogen and oxygen atoms in total. The van der Waals surface area contributed by atoms with Gasteiger partial charge in [-0.15, -0.1) is 6.58 Å². The monoisotopic (exact) mass is 186 g/mol. The van der Waals surface area contributed by atoms with Crippen molar-refractivity contribution in [2.45, 2.75) is 31.2 Å². The summed E-state index contributed by atoms with van der Waals surface area (Å²) in [7, 11) is 0. The number of rotatable bonds is 5. The fourth-order valence-corrected chi connectivity index (χ4v) is 1.33. The third-order valence-electron chi connectivity index (χ3n) is 2.17. The van der Waals surface area contributed by atoms with Gasteiger partial charge in [0.1, 0.15) is 23.6 Å². The number of hydrogen-bond acceptors (Lipinski definition) is 4. The van der Waals surface area contributed by atoms with Crippen LogP contribution in [0.25, 0.3) is 0 Å². The van der Waals surface area contributed by atoms with Crippen LogP contribution in [0.5, 0.6) is 0 Å². The first-order valence-electron chi connectivity index (χ1n) is 4.14. The third-order valence-corrected chi connectivity index (χ3v) is 2.17. The SMILES string of the molecule is C=C[C@@H](O)[C@H](O)[C@@]1(CC(C)=O)CO1. The van der Waals surface area contributed by atoms with Crippen molar-refractivity contribution in [2.75, 3.05) is 6.61 Å². The van der Waals surface area contributed by atoms with Gasteiger partial charge >= 0.3 is 0 Å². The number of aliphatic hydroxyl groups is 2. The molecule has 0 saturated carbocycles. The summed E-state index contributed by atoms with van der Waals surface area (Å²) in [5.74, 6) is -0.0622. The Morgan fingerprint density at radius 2 is 2.31 bits per heavy atom. The number of carbonyl (C=O) groups is 1. The first kappa shape index (κ1) is 10.4. The molecule has 2 N–H and O–H groups in total. The second kappa shape index (κ2) is 3.57. The largest absolute Gasteiger partial charge is 0.387 e. The minimum atomic E-state index is -1.06. The maximum atomic E-state index is 10.8. The zero-order valence-corrected chi connectivity index (χ0v) is 7.56. The minimum absolute atomic E-state index is 0.0622. The molecule has 13 heavy (non-hydrogen) atoms. The molecule has 1 aliphatic rings. The van der Waals surface area contributed by atoms with E-state index in [0.717, 1.165) is 0 Å². The van der Waals surface area contributed by atoms with Crippen molar-refractivity contribution in [1.29, 1.82) is 0 Å². The van der Waals surface area contributed by atoms with E-state index in [1.807, 2.05) is 0 Å². The van der Waals surface area contributed by atoms with Crippen molar-refractivity contribution in [3.05, 3.63) is 12.7 Å². The first-order valence-corrected chi connectivity index (χ1v) is 4.14. The fraction of sp³-hybridized carbons (Fsp3) is 0.667. The van der Waals surface area contributed by atoms with Gasteiger partial charge in [0.2, 0.25) is 0 Å². The van der Waals surface area contributed by atoms with Gasteiger partial charge in [-0.1, -0.05) is 6.08 Å². The van der Waals surface area contributed by atoms with E-state index < -0.39 is 17.8 Å². The lowest BCUT2D eigenvalue weighted by Crippen LogP contribution is -2.40. The van der Waals surface area contributed by atoms with Crippen LogP contribution < -0.4 is 0 Å². The normalized spacial score (nSPS) is 30.7. The third kappa shape index (κ3) is 2.15. The molecule has 1 rings (SSSR count). The molecule has 0 aromatic rings. The van der Waals surface area contributed by atoms with Crippen LogP contribution in [0, 0.1) is 0 Å². The highest BCUT2D eigenvalue weighted by Crippen LogP contribution is 2.36. The molecule has 0 bridgehead atoms. The highest BCUT2D eigenvalue weighted by Gasteiger charge is 2.53. The van der Waals surface area contributed by atoms with Crippen LogP contribution in [0.4, 0.5) is 0 Å². The fourth-order valence-electron chi connectivity index (χ4n) is 1.33. The van der Waals surface area contributed by atoms with Crippen molar-refractivity contribution >= 4 is 5.78 Å². The van der Waals surface area contributed by atoms with Crippen molar-refractivity contribution in [3.8, 4) is 0 Å². The smallest absolute Gasteiger partial charge is 0.132 e. The zero-order chi connectivity index (χ0) is 10.1. The van der Waals surface area contributed by atoms with Crippen molar-refractivity contribution in [1.82, 2.24) is 0 Å². The number of epoxide rings is 1. The Balaban J connectivity index is 2.59. The molecular formula is C9H14O4. The van der Waals surface area contributed by atoms with E-state index in [4.69, 9.17) is 4.74 Å². The van der Waals surface area contributed by atoms with Crippen LogP contribution in [0.15, 0.2) is 12.7 Å². The van der Waals surface area contributed by atoms with Crippen LogP contribution in [0.2, 0.25) is 0 Å². The summed E-state index contributed by atoms with van der Waals surface area (Å²) in [5, 5.41) is 18.8. The van der Waals surface area contributed by atoms with Crippen LogP contribution in [0.1, 0.15) is 13.3 Å². The molecule has 74 valence electrons. The van der Waals surface area contributed by atoms with Gasteiger partial charge in [0.15, 0.2) is 0 Å². The summed E-state index contributed by atoms with van der Waals surface area (Å²) >= 11 is 0. The number of Topliss-reactive ketones (excluding diaryl/α,β-unsaturated/α-hetero) is 1. The van der Waals surface area contributed by atoms with Gasteiger partial charge < -0.3 is 14.9 Å². The highest BCUT2D eigenvalue weighted by atomic mass is 16.6. The Morgan fingerprint density at radius 3 is 2.62 bits per heavy atom. The molecule has 0 radical (unpaired) electrons. The Labute approximate surface area is 76.8 Å². The molecule has 1 saturated heterocycles. The van der Waals surface area contributed by atoms with E-state index in [1.165, 1.54) is 13.0 Å². The van der Waals surface area contributed by atoms with Crippen LogP contribution >= 0.6 is 0 Å². The van der Waals surface area contributed by atoms with Gasteiger partial charge in [0, 0.05) is 6.42 Å². The summed E-state index contributed by atoms with van der Waals surface area (Å²) in [6.07, 6.45) is -0.733. The van der Waals surface area contributed by atoms with Gasteiger partial charge in [-0.3, -0.25) is 4.79 Å². The van der Waals surface area contributed by atoms with Gasteiger partial charge in [0.25, 0.3) is 0 Å². The van der Waals surface area contributed by atoms with E-state index in [-0.39, 0.29) is 12.2 Å². The minimum Gasteiger partial charge on any atom is -0.387 e. The predicted octanol–water partition coefficient (Wildman–Crippen LogP) is -0.358. The van der Waals surface area contributed by atoms with Crippen LogP contribution in [-0.2, 0) is 9.53 Å². The lowest BCUT2D eigenvalue weighted by atomic mass is 9.93. The van der Waals surface area contributed by atoms with E-state index >= 15 is 0 Å². The molecule has 0 amide bonds. The van der Waals surface area contributed by atoms with E-state index in [9.17, 15) is 15.0 Å². The van der Waals surface area contributed by atoms with Gasteiger partial charge in [-0.05, 0) is 6.92 Å². The maximum absolute atomic E-state index is 10.8. The summed E-state index contributed by atoms with van der Waals surface area (Å²) in [6, 6.07) is 0. The van der Waals surface area contributed by atoms with E-state index in [2.05, 4.69) is 6.58 Å². The van der Waals surface area contributed by atoms with Gasteiger partial charge in [-0.25, -0.2) is 0 Å². The molecule has 0 aromatic carbocycles. The van der Waals surface area contributed by atoms with Gasteiger partial charge in [-0.2, -0.15) is 0 Å². The standard InChI is InChI=1S/C9H14O4/c1-3-7(11)8(12)9(5-13-9)4-6(2)10/h3,7-8,11-12H,1,4-5H2,2H3/t7-,8+,9-/m1/s1. The molecule has 0 spiro atoms. The molecule has 1 fully saturated rings. The lowest BCUT2D eigenvalue weighted by Gasteiger charge is -2.20. The molecule has 0 aromatic heterocycles. The Kier molecular flexibility index (Phi) is 2.85. The van der Waals surface area contributed by atoms with E-state index in [1.54, 1.807) is 0 Å². The topological polar surface area (TPSA) is 70.1 Å². The highest BCUT2D eigenvalue weighted by molar-refractivity contribution is 5.77. The average molecular weight is 186 g/mol. The molecule has 0 aliphatic carbocycles. The van der Waals surface area contributed by atoms with Crippen molar-refractivity contribution in [2.24, 2.45) is 0 Å².